The normalized spacial score (nSPS) is 20.4. The Balaban J connectivity index is 1.89. The van der Waals surface area contributed by atoms with Crippen molar-refractivity contribution in [3.63, 3.8) is 0 Å². The SMILES string of the molecule is Cc1nn(C)c(C)c1-c1cc(C(=O)N2CC(C)(C)OC[C@@H]2C)[nH]n1. The molecule has 3 rings (SSSR count). The highest BCUT2D eigenvalue weighted by molar-refractivity contribution is 5.94. The summed E-state index contributed by atoms with van der Waals surface area (Å²) in [7, 11) is 1.90. The zero-order valence-corrected chi connectivity index (χ0v) is 15.2. The van der Waals surface area contributed by atoms with E-state index in [-0.39, 0.29) is 17.6 Å². The largest absolute Gasteiger partial charge is 0.372 e. The van der Waals surface area contributed by atoms with E-state index >= 15 is 0 Å². The molecule has 1 aliphatic heterocycles. The predicted octanol–water partition coefficient (Wildman–Crippen LogP) is 2.07. The molecule has 0 saturated carbocycles. The monoisotopic (exact) mass is 331 g/mol. The molecule has 1 fully saturated rings. The Labute approximate surface area is 142 Å². The van der Waals surface area contributed by atoms with E-state index in [1.165, 1.54) is 0 Å². The molecule has 0 unspecified atom stereocenters. The van der Waals surface area contributed by atoms with E-state index in [0.717, 1.165) is 22.6 Å². The molecule has 0 radical (unpaired) electrons. The minimum atomic E-state index is -0.332. The molecule has 7 nitrogen and oxygen atoms in total. The number of nitrogens with zero attached hydrogens (tertiary/aromatic N) is 4. The maximum Gasteiger partial charge on any atom is 0.272 e. The van der Waals surface area contributed by atoms with Gasteiger partial charge in [0.1, 0.15) is 5.69 Å². The first kappa shape index (κ1) is 16.7. The van der Waals surface area contributed by atoms with Crippen LogP contribution in [0.4, 0.5) is 0 Å². The molecule has 7 heteroatoms. The number of hydrogen-bond donors (Lipinski definition) is 1. The zero-order valence-electron chi connectivity index (χ0n) is 15.2. The minimum Gasteiger partial charge on any atom is -0.372 e. The summed E-state index contributed by atoms with van der Waals surface area (Å²) in [5.41, 5.74) is 3.82. The Morgan fingerprint density at radius 2 is 2.12 bits per heavy atom. The molecule has 0 bridgehead atoms. The van der Waals surface area contributed by atoms with E-state index in [1.807, 2.05) is 57.3 Å². The lowest BCUT2D eigenvalue weighted by atomic mass is 10.0. The molecular formula is C17H25N5O2. The van der Waals surface area contributed by atoms with Crippen molar-refractivity contribution in [1.29, 1.82) is 0 Å². The highest BCUT2D eigenvalue weighted by Crippen LogP contribution is 2.27. The van der Waals surface area contributed by atoms with E-state index in [2.05, 4.69) is 15.3 Å². The maximum absolute atomic E-state index is 12.9. The van der Waals surface area contributed by atoms with Crippen molar-refractivity contribution in [2.45, 2.75) is 46.3 Å². The fourth-order valence-corrected chi connectivity index (χ4v) is 3.18. The number of morpholine rings is 1. The molecular weight excluding hydrogens is 306 g/mol. The standard InChI is InChI=1S/C17H25N5O2/c1-10-8-24-17(4,5)9-22(10)16(23)14-7-13(18-19-14)15-11(2)20-21(6)12(15)3/h7,10H,8-9H2,1-6H3,(H,18,19)/t10-/m0/s1. The fraction of sp³-hybridized carbons (Fsp3) is 0.588. The van der Waals surface area contributed by atoms with Gasteiger partial charge < -0.3 is 9.64 Å². The van der Waals surface area contributed by atoms with E-state index in [4.69, 9.17) is 4.74 Å². The topological polar surface area (TPSA) is 76.0 Å². The molecule has 1 amide bonds. The van der Waals surface area contributed by atoms with Gasteiger partial charge in [-0.15, -0.1) is 0 Å². The smallest absolute Gasteiger partial charge is 0.272 e. The van der Waals surface area contributed by atoms with Crippen LogP contribution in [0.5, 0.6) is 0 Å². The number of rotatable bonds is 2. The van der Waals surface area contributed by atoms with Crippen molar-refractivity contribution in [1.82, 2.24) is 24.9 Å². The van der Waals surface area contributed by atoms with Crippen LogP contribution >= 0.6 is 0 Å². The van der Waals surface area contributed by atoms with Gasteiger partial charge in [-0.05, 0) is 40.7 Å². The van der Waals surface area contributed by atoms with Crippen LogP contribution in [0.2, 0.25) is 0 Å². The molecule has 3 heterocycles. The third kappa shape index (κ3) is 2.84. The van der Waals surface area contributed by atoms with Gasteiger partial charge in [-0.25, -0.2) is 0 Å². The van der Waals surface area contributed by atoms with Crippen LogP contribution in [-0.4, -0.2) is 55.6 Å². The highest BCUT2D eigenvalue weighted by Gasteiger charge is 2.35. The number of aryl methyl sites for hydroxylation is 2. The molecule has 2 aromatic rings. The first-order valence-corrected chi connectivity index (χ1v) is 8.20. The Bertz CT molecular complexity index is 774. The van der Waals surface area contributed by atoms with Crippen molar-refractivity contribution in [3.8, 4) is 11.3 Å². The van der Waals surface area contributed by atoms with Crippen LogP contribution < -0.4 is 0 Å². The van der Waals surface area contributed by atoms with Crippen LogP contribution in [0.3, 0.4) is 0 Å². The summed E-state index contributed by atoms with van der Waals surface area (Å²) in [6.45, 7) is 11.1. The Hall–Kier alpha value is -2.15. The van der Waals surface area contributed by atoms with Crippen molar-refractivity contribution < 1.29 is 9.53 Å². The summed E-state index contributed by atoms with van der Waals surface area (Å²) in [4.78, 5) is 14.7. The number of aromatic amines is 1. The van der Waals surface area contributed by atoms with Gasteiger partial charge in [0.2, 0.25) is 0 Å². The van der Waals surface area contributed by atoms with E-state index in [0.29, 0.717) is 18.8 Å². The van der Waals surface area contributed by atoms with E-state index in [1.54, 1.807) is 0 Å². The van der Waals surface area contributed by atoms with Crippen molar-refractivity contribution in [3.05, 3.63) is 23.1 Å². The summed E-state index contributed by atoms with van der Waals surface area (Å²) in [6, 6.07) is 1.85. The summed E-state index contributed by atoms with van der Waals surface area (Å²) in [6.07, 6.45) is 0. The number of hydrogen-bond acceptors (Lipinski definition) is 4. The zero-order chi connectivity index (χ0) is 17.6. The molecule has 1 saturated heterocycles. The average molecular weight is 331 g/mol. The van der Waals surface area contributed by atoms with Gasteiger partial charge in [-0.2, -0.15) is 10.2 Å². The number of aromatic nitrogens is 4. The summed E-state index contributed by atoms with van der Waals surface area (Å²) in [5.74, 6) is -0.0446. The van der Waals surface area contributed by atoms with Gasteiger partial charge in [0.05, 0.1) is 29.6 Å². The van der Waals surface area contributed by atoms with Gasteiger partial charge in [-0.3, -0.25) is 14.6 Å². The summed E-state index contributed by atoms with van der Waals surface area (Å²) >= 11 is 0. The third-order valence-electron chi connectivity index (χ3n) is 4.63. The Kier molecular flexibility index (Phi) is 3.99. The van der Waals surface area contributed by atoms with Crippen molar-refractivity contribution in [2.75, 3.05) is 13.2 Å². The van der Waals surface area contributed by atoms with E-state index < -0.39 is 0 Å². The number of carbonyl (C=O) groups is 1. The molecule has 0 aliphatic carbocycles. The van der Waals surface area contributed by atoms with Gasteiger partial charge in [0, 0.05) is 24.8 Å². The average Bonchev–Trinajstić information content (AvgIpc) is 3.07. The molecule has 2 aromatic heterocycles. The van der Waals surface area contributed by atoms with Crippen LogP contribution in [0, 0.1) is 13.8 Å². The Morgan fingerprint density at radius 3 is 2.75 bits per heavy atom. The Morgan fingerprint density at radius 1 is 1.42 bits per heavy atom. The predicted molar refractivity (Wildman–Crippen MR) is 90.8 cm³/mol. The number of amides is 1. The van der Waals surface area contributed by atoms with Crippen LogP contribution in [0.15, 0.2) is 6.07 Å². The summed E-state index contributed by atoms with van der Waals surface area (Å²) in [5, 5.41) is 11.6. The second-order valence-corrected chi connectivity index (χ2v) is 7.19. The number of nitrogens with one attached hydrogen (secondary N) is 1. The lowest BCUT2D eigenvalue weighted by Crippen LogP contribution is -2.55. The van der Waals surface area contributed by atoms with E-state index in [9.17, 15) is 4.79 Å². The highest BCUT2D eigenvalue weighted by atomic mass is 16.5. The van der Waals surface area contributed by atoms with Gasteiger partial charge >= 0.3 is 0 Å². The lowest BCUT2D eigenvalue weighted by Gasteiger charge is -2.42. The fourth-order valence-electron chi connectivity index (χ4n) is 3.18. The van der Waals surface area contributed by atoms with Gasteiger partial charge in [0.25, 0.3) is 5.91 Å². The summed E-state index contributed by atoms with van der Waals surface area (Å²) < 4.78 is 7.60. The quantitative estimate of drug-likeness (QED) is 0.914. The molecule has 0 spiro atoms. The molecule has 0 aromatic carbocycles. The van der Waals surface area contributed by atoms with Crippen LogP contribution in [-0.2, 0) is 11.8 Å². The number of ether oxygens (including phenoxy) is 1. The lowest BCUT2D eigenvalue weighted by molar-refractivity contribution is -0.0981. The van der Waals surface area contributed by atoms with Gasteiger partial charge in [-0.1, -0.05) is 0 Å². The van der Waals surface area contributed by atoms with Crippen LogP contribution in [0.1, 0.15) is 42.6 Å². The first-order valence-electron chi connectivity index (χ1n) is 8.20. The second kappa shape index (κ2) is 5.73. The molecule has 1 atom stereocenters. The third-order valence-corrected chi connectivity index (χ3v) is 4.63. The van der Waals surface area contributed by atoms with Crippen LogP contribution in [0.25, 0.3) is 11.3 Å². The van der Waals surface area contributed by atoms with Crippen molar-refractivity contribution >= 4 is 5.91 Å². The molecule has 1 aliphatic rings. The maximum atomic E-state index is 12.9. The molecule has 24 heavy (non-hydrogen) atoms. The molecule has 1 N–H and O–H groups in total. The van der Waals surface area contributed by atoms with Gasteiger partial charge in [0.15, 0.2) is 0 Å². The van der Waals surface area contributed by atoms with Crippen molar-refractivity contribution in [2.24, 2.45) is 7.05 Å². The number of carbonyl (C=O) groups excluding carboxylic acids is 1. The second-order valence-electron chi connectivity index (χ2n) is 7.19. The molecule has 130 valence electrons. The number of H-pyrrole nitrogens is 1. The first-order chi connectivity index (χ1) is 11.2. The minimum absolute atomic E-state index is 0.0409.